The Kier molecular flexibility index (Phi) is 3.04. The second-order valence-electron chi connectivity index (χ2n) is 4.95. The summed E-state index contributed by atoms with van der Waals surface area (Å²) in [6, 6.07) is 0. The van der Waals surface area contributed by atoms with E-state index in [-0.39, 0.29) is 18.2 Å². The van der Waals surface area contributed by atoms with E-state index in [1.165, 1.54) is 0 Å². The van der Waals surface area contributed by atoms with E-state index in [1.807, 2.05) is 6.92 Å². The van der Waals surface area contributed by atoms with Gasteiger partial charge in [-0.3, -0.25) is 14.4 Å². The molecule has 17 heavy (non-hydrogen) atoms. The third-order valence-corrected chi connectivity index (χ3v) is 3.49. The number of piperazine rings is 1. The van der Waals surface area contributed by atoms with Gasteiger partial charge in [-0.15, -0.1) is 0 Å². The molecule has 0 aliphatic carbocycles. The molecule has 0 saturated carbocycles. The number of hydrogen-bond donors (Lipinski definition) is 1. The van der Waals surface area contributed by atoms with Crippen molar-refractivity contribution in [2.24, 2.45) is 5.41 Å². The van der Waals surface area contributed by atoms with Gasteiger partial charge in [0.15, 0.2) is 0 Å². The summed E-state index contributed by atoms with van der Waals surface area (Å²) in [6.45, 7) is 4.50. The molecule has 2 saturated heterocycles. The molecular formula is C11H17N3O3. The van der Waals surface area contributed by atoms with Crippen LogP contribution >= 0.6 is 0 Å². The highest BCUT2D eigenvalue weighted by Crippen LogP contribution is 2.28. The van der Waals surface area contributed by atoms with Crippen LogP contribution in [0.2, 0.25) is 0 Å². The summed E-state index contributed by atoms with van der Waals surface area (Å²) in [5.74, 6) is -0.0474. The van der Waals surface area contributed by atoms with Gasteiger partial charge < -0.3 is 15.1 Å². The van der Waals surface area contributed by atoms with E-state index in [0.717, 1.165) is 6.41 Å². The molecule has 0 aromatic rings. The Bertz CT molecular complexity index is 350. The van der Waals surface area contributed by atoms with Crippen molar-refractivity contribution < 1.29 is 14.4 Å². The fourth-order valence-corrected chi connectivity index (χ4v) is 2.34. The number of hydrogen-bond acceptors (Lipinski definition) is 3. The smallest absolute Gasteiger partial charge is 0.230 e. The Morgan fingerprint density at radius 2 is 2.00 bits per heavy atom. The minimum absolute atomic E-state index is 0.0152. The van der Waals surface area contributed by atoms with Crippen LogP contribution in [0.4, 0.5) is 0 Å². The monoisotopic (exact) mass is 239 g/mol. The van der Waals surface area contributed by atoms with Crippen molar-refractivity contribution in [2.75, 3.05) is 32.7 Å². The van der Waals surface area contributed by atoms with Crippen LogP contribution in [0.15, 0.2) is 0 Å². The Labute approximate surface area is 99.9 Å². The molecule has 6 heteroatoms. The maximum Gasteiger partial charge on any atom is 0.230 e. The van der Waals surface area contributed by atoms with Gasteiger partial charge in [0.1, 0.15) is 0 Å². The third-order valence-electron chi connectivity index (χ3n) is 3.49. The van der Waals surface area contributed by atoms with Gasteiger partial charge in [0.05, 0.1) is 5.41 Å². The van der Waals surface area contributed by atoms with Crippen LogP contribution in [-0.2, 0) is 14.4 Å². The van der Waals surface area contributed by atoms with E-state index in [9.17, 15) is 14.4 Å². The van der Waals surface area contributed by atoms with Gasteiger partial charge in [0, 0.05) is 39.1 Å². The topological polar surface area (TPSA) is 69.7 Å². The molecule has 1 atom stereocenters. The average molecular weight is 239 g/mol. The summed E-state index contributed by atoms with van der Waals surface area (Å²) in [5.41, 5.74) is -0.611. The lowest BCUT2D eigenvalue weighted by Crippen LogP contribution is -2.52. The molecule has 0 aromatic heterocycles. The summed E-state index contributed by atoms with van der Waals surface area (Å²) in [5, 5.41) is 2.70. The number of nitrogens with one attached hydrogen (secondary N) is 1. The van der Waals surface area contributed by atoms with Crippen molar-refractivity contribution in [2.45, 2.75) is 13.3 Å². The molecule has 2 heterocycles. The van der Waals surface area contributed by atoms with E-state index < -0.39 is 5.41 Å². The first kappa shape index (κ1) is 11.9. The Morgan fingerprint density at radius 1 is 1.35 bits per heavy atom. The molecule has 6 nitrogen and oxygen atoms in total. The van der Waals surface area contributed by atoms with Crippen molar-refractivity contribution in [3.8, 4) is 0 Å². The normalized spacial score (nSPS) is 29.1. The van der Waals surface area contributed by atoms with Gasteiger partial charge in [0.25, 0.3) is 0 Å². The van der Waals surface area contributed by atoms with Gasteiger partial charge in [-0.1, -0.05) is 0 Å². The number of rotatable bonds is 2. The molecule has 0 radical (unpaired) electrons. The molecule has 2 rings (SSSR count). The molecule has 1 unspecified atom stereocenters. The molecule has 0 aromatic carbocycles. The second-order valence-corrected chi connectivity index (χ2v) is 4.95. The maximum atomic E-state index is 12.3. The SMILES string of the molecule is CC1(C(=O)N2CCN(C=O)CC2)CNC(=O)C1. The van der Waals surface area contributed by atoms with E-state index in [4.69, 9.17) is 0 Å². The van der Waals surface area contributed by atoms with Crippen molar-refractivity contribution in [1.29, 1.82) is 0 Å². The average Bonchev–Trinajstić information content (AvgIpc) is 2.70. The molecule has 0 spiro atoms. The standard InChI is InChI=1S/C11H17N3O3/c1-11(6-9(16)12-7-11)10(17)14-4-2-13(8-15)3-5-14/h8H,2-7H2,1H3,(H,12,16). The van der Waals surface area contributed by atoms with E-state index >= 15 is 0 Å². The highest BCUT2D eigenvalue weighted by Gasteiger charge is 2.43. The van der Waals surface area contributed by atoms with Gasteiger partial charge >= 0.3 is 0 Å². The zero-order valence-corrected chi connectivity index (χ0v) is 9.94. The lowest BCUT2D eigenvalue weighted by atomic mass is 9.87. The predicted octanol–water partition coefficient (Wildman–Crippen LogP) is -1.19. The van der Waals surface area contributed by atoms with Crippen LogP contribution in [-0.4, -0.2) is 60.7 Å². The predicted molar refractivity (Wildman–Crippen MR) is 60.0 cm³/mol. The zero-order valence-electron chi connectivity index (χ0n) is 9.94. The van der Waals surface area contributed by atoms with Gasteiger partial charge in [-0.25, -0.2) is 0 Å². The molecule has 1 N–H and O–H groups in total. The number of carbonyl (C=O) groups is 3. The van der Waals surface area contributed by atoms with E-state index in [1.54, 1.807) is 9.80 Å². The van der Waals surface area contributed by atoms with E-state index in [2.05, 4.69) is 5.32 Å². The summed E-state index contributed by atoms with van der Waals surface area (Å²) in [6.07, 6.45) is 1.07. The highest BCUT2D eigenvalue weighted by molar-refractivity contribution is 5.92. The highest BCUT2D eigenvalue weighted by atomic mass is 16.2. The first-order chi connectivity index (χ1) is 8.05. The first-order valence-electron chi connectivity index (χ1n) is 5.80. The molecular weight excluding hydrogens is 222 g/mol. The lowest BCUT2D eigenvalue weighted by Gasteiger charge is -2.36. The second kappa shape index (κ2) is 4.35. The fourth-order valence-electron chi connectivity index (χ4n) is 2.34. The molecule has 2 aliphatic heterocycles. The summed E-state index contributed by atoms with van der Waals surface area (Å²) in [4.78, 5) is 37.5. The molecule has 94 valence electrons. The van der Waals surface area contributed by atoms with Gasteiger partial charge in [-0.2, -0.15) is 0 Å². The van der Waals surface area contributed by atoms with Crippen LogP contribution in [0.5, 0.6) is 0 Å². The Balaban J connectivity index is 1.97. The minimum Gasteiger partial charge on any atom is -0.355 e. The number of nitrogens with zero attached hydrogens (tertiary/aromatic N) is 2. The minimum atomic E-state index is -0.611. The van der Waals surface area contributed by atoms with Gasteiger partial charge in [-0.05, 0) is 6.92 Å². The number of amides is 3. The van der Waals surface area contributed by atoms with Gasteiger partial charge in [0.2, 0.25) is 18.2 Å². The van der Waals surface area contributed by atoms with Crippen LogP contribution in [0.25, 0.3) is 0 Å². The molecule has 3 amide bonds. The van der Waals surface area contributed by atoms with Crippen LogP contribution in [0.3, 0.4) is 0 Å². The largest absolute Gasteiger partial charge is 0.355 e. The van der Waals surface area contributed by atoms with Crippen molar-refractivity contribution in [3.63, 3.8) is 0 Å². The number of carbonyl (C=O) groups excluding carboxylic acids is 3. The van der Waals surface area contributed by atoms with Crippen molar-refractivity contribution >= 4 is 18.2 Å². The Hall–Kier alpha value is -1.59. The van der Waals surface area contributed by atoms with Crippen LogP contribution < -0.4 is 5.32 Å². The van der Waals surface area contributed by atoms with Crippen molar-refractivity contribution in [1.82, 2.24) is 15.1 Å². The quantitative estimate of drug-likeness (QED) is 0.616. The summed E-state index contributed by atoms with van der Waals surface area (Å²) < 4.78 is 0. The van der Waals surface area contributed by atoms with E-state index in [0.29, 0.717) is 32.7 Å². The zero-order chi connectivity index (χ0) is 12.5. The lowest BCUT2D eigenvalue weighted by molar-refractivity contribution is -0.144. The van der Waals surface area contributed by atoms with Crippen molar-refractivity contribution in [3.05, 3.63) is 0 Å². The maximum absolute atomic E-state index is 12.3. The molecule has 2 aliphatic rings. The first-order valence-corrected chi connectivity index (χ1v) is 5.80. The fraction of sp³-hybridized carbons (Fsp3) is 0.727. The van der Waals surface area contributed by atoms with Crippen LogP contribution in [0, 0.1) is 5.41 Å². The van der Waals surface area contributed by atoms with Crippen LogP contribution in [0.1, 0.15) is 13.3 Å². The Morgan fingerprint density at radius 3 is 2.47 bits per heavy atom. The molecule has 0 bridgehead atoms. The third kappa shape index (κ3) is 2.25. The summed E-state index contributed by atoms with van der Waals surface area (Å²) in [7, 11) is 0. The summed E-state index contributed by atoms with van der Waals surface area (Å²) >= 11 is 0. The molecule has 2 fully saturated rings.